The Morgan fingerprint density at radius 2 is 1.81 bits per heavy atom. The fourth-order valence-corrected chi connectivity index (χ4v) is 7.03. The van der Waals surface area contributed by atoms with Crippen LogP contribution in [-0.4, -0.2) is 72.0 Å². The number of carbonyl (C=O) groups excluding carboxylic acids is 3. The van der Waals surface area contributed by atoms with Gasteiger partial charge in [-0.2, -0.15) is 0 Å². The monoisotopic (exact) mass is 437 g/mol. The summed E-state index contributed by atoms with van der Waals surface area (Å²) in [5, 5.41) is 11.8. The van der Waals surface area contributed by atoms with Crippen LogP contribution in [0.1, 0.15) is 53.4 Å². The van der Waals surface area contributed by atoms with Crippen molar-refractivity contribution in [2.24, 2.45) is 29.1 Å². The fourth-order valence-electron chi connectivity index (χ4n) is 7.03. The van der Waals surface area contributed by atoms with Crippen molar-refractivity contribution in [1.29, 1.82) is 0 Å². The molecule has 4 aliphatic rings. The van der Waals surface area contributed by atoms with Crippen LogP contribution in [0, 0.1) is 29.1 Å². The molecule has 0 aromatic heterocycles. The zero-order chi connectivity index (χ0) is 22.5. The van der Waals surface area contributed by atoms with Crippen molar-refractivity contribution in [3.63, 3.8) is 0 Å². The minimum atomic E-state index is -0.920. The first-order valence-corrected chi connectivity index (χ1v) is 11.6. The summed E-state index contributed by atoms with van der Waals surface area (Å²) in [5.41, 5.74) is -0.845. The van der Waals surface area contributed by atoms with E-state index >= 15 is 0 Å². The standard InChI is InChI=1S/C23H35NO7/c1-12-9-16-19(15(22(28)31-16)11-24-7-5-6-8-24)21(27)23(4)18(30-14(3)26)10-17(20(12)23)29-13(2)25/h12,15-21,27H,5-11H2,1-4H3/t12?,15?,16?,17?,18-,19+,20?,21?,23+/m1/s1. The van der Waals surface area contributed by atoms with Crippen molar-refractivity contribution in [1.82, 2.24) is 4.90 Å². The van der Waals surface area contributed by atoms with Crippen LogP contribution < -0.4 is 0 Å². The van der Waals surface area contributed by atoms with Gasteiger partial charge in [-0.15, -0.1) is 0 Å². The van der Waals surface area contributed by atoms with Crippen LogP contribution in [-0.2, 0) is 28.6 Å². The summed E-state index contributed by atoms with van der Waals surface area (Å²) in [6.07, 6.45) is 0.822. The van der Waals surface area contributed by atoms with E-state index in [9.17, 15) is 19.5 Å². The lowest BCUT2D eigenvalue weighted by atomic mass is 9.66. The van der Waals surface area contributed by atoms with Gasteiger partial charge < -0.3 is 24.2 Å². The first kappa shape index (κ1) is 22.5. The number of aliphatic hydroxyl groups is 1. The fraction of sp³-hybridized carbons (Fsp3) is 0.870. The summed E-state index contributed by atoms with van der Waals surface area (Å²) in [6, 6.07) is 0. The van der Waals surface area contributed by atoms with E-state index in [1.54, 1.807) is 0 Å². The van der Waals surface area contributed by atoms with Crippen LogP contribution in [0.2, 0.25) is 0 Å². The van der Waals surface area contributed by atoms with E-state index in [4.69, 9.17) is 14.2 Å². The summed E-state index contributed by atoms with van der Waals surface area (Å²) in [7, 11) is 0. The summed E-state index contributed by atoms with van der Waals surface area (Å²) in [5.74, 6) is -2.03. The maximum Gasteiger partial charge on any atom is 0.311 e. The van der Waals surface area contributed by atoms with Gasteiger partial charge in [0, 0.05) is 44.1 Å². The SMILES string of the molecule is CC(=O)OC1C[C@@H](OC(C)=O)[C@@]2(C)C1C(C)CC1OC(=O)C(CN3CCCC3)[C@@H]1C2O. The molecule has 1 N–H and O–H groups in total. The van der Waals surface area contributed by atoms with Gasteiger partial charge in [0.25, 0.3) is 0 Å². The number of likely N-dealkylation sites (tertiary alicyclic amines) is 1. The van der Waals surface area contributed by atoms with Gasteiger partial charge in [-0.1, -0.05) is 13.8 Å². The molecule has 0 aromatic carbocycles. The van der Waals surface area contributed by atoms with E-state index in [1.165, 1.54) is 13.8 Å². The smallest absolute Gasteiger partial charge is 0.311 e. The van der Waals surface area contributed by atoms with Gasteiger partial charge in [-0.3, -0.25) is 14.4 Å². The van der Waals surface area contributed by atoms with Crippen molar-refractivity contribution < 1.29 is 33.7 Å². The van der Waals surface area contributed by atoms with E-state index in [-0.39, 0.29) is 35.8 Å². The maximum absolute atomic E-state index is 12.8. The number of fused-ring (bicyclic) bond motifs is 2. The normalized spacial score (nSPS) is 44.9. The third-order valence-electron chi connectivity index (χ3n) is 8.22. The van der Waals surface area contributed by atoms with Crippen LogP contribution >= 0.6 is 0 Å². The Bertz CT molecular complexity index is 735. The molecule has 2 aliphatic carbocycles. The van der Waals surface area contributed by atoms with Crippen LogP contribution in [0.25, 0.3) is 0 Å². The van der Waals surface area contributed by atoms with Crippen LogP contribution in [0.3, 0.4) is 0 Å². The molecule has 6 unspecified atom stereocenters. The Balaban J connectivity index is 1.69. The number of carbonyl (C=O) groups is 3. The molecule has 0 radical (unpaired) electrons. The van der Waals surface area contributed by atoms with Crippen LogP contribution in [0.5, 0.6) is 0 Å². The van der Waals surface area contributed by atoms with Crippen LogP contribution in [0.4, 0.5) is 0 Å². The van der Waals surface area contributed by atoms with Crippen molar-refractivity contribution in [3.05, 3.63) is 0 Å². The molecule has 2 aliphatic heterocycles. The highest BCUT2D eigenvalue weighted by Gasteiger charge is 2.67. The van der Waals surface area contributed by atoms with Gasteiger partial charge in [0.1, 0.15) is 18.3 Å². The topological polar surface area (TPSA) is 102 Å². The first-order valence-electron chi connectivity index (χ1n) is 11.6. The molecule has 8 nitrogen and oxygen atoms in total. The molecule has 174 valence electrons. The van der Waals surface area contributed by atoms with Crippen molar-refractivity contribution in [2.75, 3.05) is 19.6 Å². The molecule has 2 heterocycles. The lowest BCUT2D eigenvalue weighted by Gasteiger charge is -2.43. The Hall–Kier alpha value is -1.67. The Kier molecular flexibility index (Phi) is 6.07. The number of nitrogens with zero attached hydrogens (tertiary/aromatic N) is 1. The van der Waals surface area contributed by atoms with Gasteiger partial charge in [0.15, 0.2) is 0 Å². The van der Waals surface area contributed by atoms with Crippen LogP contribution in [0.15, 0.2) is 0 Å². The van der Waals surface area contributed by atoms with E-state index in [2.05, 4.69) is 4.90 Å². The van der Waals surface area contributed by atoms with E-state index in [1.807, 2.05) is 13.8 Å². The van der Waals surface area contributed by atoms with Crippen molar-refractivity contribution in [3.8, 4) is 0 Å². The lowest BCUT2D eigenvalue weighted by Crippen LogP contribution is -2.52. The second-order valence-electron chi connectivity index (χ2n) is 10.2. The molecular weight excluding hydrogens is 402 g/mol. The first-order chi connectivity index (χ1) is 14.6. The Labute approximate surface area is 183 Å². The highest BCUT2D eigenvalue weighted by molar-refractivity contribution is 5.76. The maximum atomic E-state index is 12.8. The summed E-state index contributed by atoms with van der Waals surface area (Å²) < 4.78 is 17.2. The average molecular weight is 438 g/mol. The lowest BCUT2D eigenvalue weighted by molar-refractivity contribution is -0.165. The van der Waals surface area contributed by atoms with Gasteiger partial charge in [-0.05, 0) is 38.3 Å². The number of aliphatic hydroxyl groups excluding tert-OH is 1. The molecule has 2 saturated heterocycles. The molecule has 31 heavy (non-hydrogen) atoms. The summed E-state index contributed by atoms with van der Waals surface area (Å²) in [6.45, 7) is 9.19. The summed E-state index contributed by atoms with van der Waals surface area (Å²) >= 11 is 0. The average Bonchev–Trinajstić information content (AvgIpc) is 3.32. The molecule has 0 aromatic rings. The molecule has 4 rings (SSSR count). The molecule has 8 heteroatoms. The zero-order valence-corrected chi connectivity index (χ0v) is 18.9. The minimum absolute atomic E-state index is 0.0119. The zero-order valence-electron chi connectivity index (χ0n) is 18.9. The molecular formula is C23H35NO7. The Morgan fingerprint density at radius 3 is 2.42 bits per heavy atom. The van der Waals surface area contributed by atoms with E-state index in [0.29, 0.717) is 19.4 Å². The predicted octanol–water partition coefficient (Wildman–Crippen LogP) is 1.53. The Morgan fingerprint density at radius 1 is 1.16 bits per heavy atom. The molecule has 2 saturated carbocycles. The molecule has 4 fully saturated rings. The van der Waals surface area contributed by atoms with Crippen molar-refractivity contribution in [2.45, 2.75) is 77.8 Å². The van der Waals surface area contributed by atoms with Gasteiger partial charge in [0.2, 0.25) is 0 Å². The molecule has 0 amide bonds. The highest BCUT2D eigenvalue weighted by Crippen LogP contribution is 2.58. The number of rotatable bonds is 4. The van der Waals surface area contributed by atoms with Gasteiger partial charge in [0.05, 0.1) is 12.0 Å². The number of hydrogen-bond acceptors (Lipinski definition) is 8. The third kappa shape index (κ3) is 3.86. The second kappa shape index (κ2) is 8.35. The molecule has 0 spiro atoms. The predicted molar refractivity (Wildman–Crippen MR) is 110 cm³/mol. The van der Waals surface area contributed by atoms with Gasteiger partial charge >= 0.3 is 17.9 Å². The number of esters is 3. The quantitative estimate of drug-likeness (QED) is 0.522. The third-order valence-corrected chi connectivity index (χ3v) is 8.22. The number of ether oxygens (including phenoxy) is 3. The number of hydrogen-bond donors (Lipinski definition) is 1. The van der Waals surface area contributed by atoms with E-state index < -0.39 is 35.6 Å². The molecule has 0 bridgehead atoms. The van der Waals surface area contributed by atoms with Gasteiger partial charge in [-0.25, -0.2) is 0 Å². The van der Waals surface area contributed by atoms with E-state index in [0.717, 1.165) is 25.9 Å². The largest absolute Gasteiger partial charge is 0.462 e. The second-order valence-corrected chi connectivity index (χ2v) is 10.2. The van der Waals surface area contributed by atoms with Crippen molar-refractivity contribution >= 4 is 17.9 Å². The minimum Gasteiger partial charge on any atom is -0.462 e. The highest BCUT2D eigenvalue weighted by atomic mass is 16.6. The summed E-state index contributed by atoms with van der Waals surface area (Å²) in [4.78, 5) is 38.8. The molecule has 9 atom stereocenters.